The molecular weight excluding hydrogens is 333 g/mol. The van der Waals surface area contributed by atoms with Gasteiger partial charge in [-0.2, -0.15) is 0 Å². The molecule has 4 heteroatoms. The molecule has 0 aromatic heterocycles. The molecule has 2 aromatic carbocycles. The lowest BCUT2D eigenvalue weighted by Crippen LogP contribution is -2.22. The van der Waals surface area contributed by atoms with E-state index in [0.29, 0.717) is 0 Å². The summed E-state index contributed by atoms with van der Waals surface area (Å²) in [4.78, 5) is 0. The summed E-state index contributed by atoms with van der Waals surface area (Å²) in [6, 6.07) is 13.1. The largest absolute Gasteiger partial charge is 0.497 e. The lowest BCUT2D eigenvalue weighted by Gasteiger charge is -2.22. The summed E-state index contributed by atoms with van der Waals surface area (Å²) in [5, 5.41) is 3.52. The van der Waals surface area contributed by atoms with E-state index in [1.807, 2.05) is 24.3 Å². The smallest absolute Gasteiger partial charge is 0.124 e. The van der Waals surface area contributed by atoms with Crippen LogP contribution in [0.3, 0.4) is 0 Å². The standard InChI is InChI=1S/C17H19BrFNO/c1-11(13-4-7-15(21-3)8-5-13)20-12(2)16-9-6-14(19)10-17(16)18/h4-12,20H,1-3H3/t11-,12?/m0/s1. The van der Waals surface area contributed by atoms with Gasteiger partial charge in [0, 0.05) is 16.6 Å². The van der Waals surface area contributed by atoms with Crippen molar-refractivity contribution in [2.75, 3.05) is 7.11 Å². The van der Waals surface area contributed by atoms with Crippen molar-refractivity contribution in [3.8, 4) is 5.75 Å². The minimum absolute atomic E-state index is 0.108. The molecule has 0 amide bonds. The van der Waals surface area contributed by atoms with Crippen molar-refractivity contribution in [3.63, 3.8) is 0 Å². The second kappa shape index (κ2) is 7.05. The van der Waals surface area contributed by atoms with E-state index in [9.17, 15) is 4.39 Å². The number of benzene rings is 2. The Morgan fingerprint density at radius 3 is 2.29 bits per heavy atom. The second-order valence-electron chi connectivity index (χ2n) is 5.05. The molecule has 1 N–H and O–H groups in total. The van der Waals surface area contributed by atoms with Crippen LogP contribution in [0.25, 0.3) is 0 Å². The summed E-state index contributed by atoms with van der Waals surface area (Å²) in [7, 11) is 1.66. The minimum Gasteiger partial charge on any atom is -0.497 e. The molecule has 1 unspecified atom stereocenters. The number of nitrogens with one attached hydrogen (secondary N) is 1. The Morgan fingerprint density at radius 1 is 1.05 bits per heavy atom. The lowest BCUT2D eigenvalue weighted by atomic mass is 10.0. The number of methoxy groups -OCH3 is 1. The van der Waals surface area contributed by atoms with Crippen LogP contribution in [0.5, 0.6) is 5.75 Å². The average Bonchev–Trinajstić information content (AvgIpc) is 2.47. The fraction of sp³-hybridized carbons (Fsp3) is 0.294. The molecule has 2 aromatic rings. The van der Waals surface area contributed by atoms with Crippen molar-refractivity contribution < 1.29 is 9.13 Å². The van der Waals surface area contributed by atoms with Gasteiger partial charge in [0.15, 0.2) is 0 Å². The summed E-state index contributed by atoms with van der Waals surface area (Å²) in [6.45, 7) is 4.17. The molecule has 0 bridgehead atoms. The quantitative estimate of drug-likeness (QED) is 0.817. The van der Waals surface area contributed by atoms with Crippen LogP contribution in [0, 0.1) is 5.82 Å². The predicted molar refractivity (Wildman–Crippen MR) is 87.1 cm³/mol. The normalized spacial score (nSPS) is 13.8. The zero-order valence-corrected chi connectivity index (χ0v) is 13.9. The number of hydrogen-bond acceptors (Lipinski definition) is 2. The lowest BCUT2D eigenvalue weighted by molar-refractivity contribution is 0.414. The highest BCUT2D eigenvalue weighted by atomic mass is 79.9. The van der Waals surface area contributed by atoms with Gasteiger partial charge in [0.25, 0.3) is 0 Å². The van der Waals surface area contributed by atoms with Gasteiger partial charge in [-0.15, -0.1) is 0 Å². The van der Waals surface area contributed by atoms with Gasteiger partial charge in [-0.05, 0) is 49.2 Å². The van der Waals surface area contributed by atoms with Crippen LogP contribution < -0.4 is 10.1 Å². The number of halogens is 2. The first-order valence-corrected chi connectivity index (χ1v) is 7.65. The van der Waals surface area contributed by atoms with Gasteiger partial charge in [-0.3, -0.25) is 0 Å². The van der Waals surface area contributed by atoms with Crippen LogP contribution in [0.15, 0.2) is 46.9 Å². The number of ether oxygens (including phenoxy) is 1. The molecule has 2 atom stereocenters. The zero-order chi connectivity index (χ0) is 15.4. The van der Waals surface area contributed by atoms with Gasteiger partial charge in [-0.25, -0.2) is 4.39 Å². The third kappa shape index (κ3) is 4.05. The Hall–Kier alpha value is -1.39. The highest BCUT2D eigenvalue weighted by Crippen LogP contribution is 2.27. The van der Waals surface area contributed by atoms with Crippen molar-refractivity contribution in [3.05, 3.63) is 63.9 Å². The molecule has 2 nitrogen and oxygen atoms in total. The SMILES string of the molecule is COc1ccc([C@H](C)NC(C)c2ccc(F)cc2Br)cc1. The Labute approximate surface area is 133 Å². The number of hydrogen-bond donors (Lipinski definition) is 1. The van der Waals surface area contributed by atoms with Gasteiger partial charge < -0.3 is 10.1 Å². The third-order valence-corrected chi connectivity index (χ3v) is 4.23. The van der Waals surface area contributed by atoms with Crippen LogP contribution >= 0.6 is 15.9 Å². The Balaban J connectivity index is 2.08. The molecule has 2 rings (SSSR count). The summed E-state index contributed by atoms with van der Waals surface area (Å²) < 4.78 is 19.1. The molecule has 0 aliphatic carbocycles. The molecule has 0 spiro atoms. The average molecular weight is 352 g/mol. The van der Waals surface area contributed by atoms with Gasteiger partial charge in [0.05, 0.1) is 7.11 Å². The van der Waals surface area contributed by atoms with E-state index in [1.165, 1.54) is 17.7 Å². The van der Waals surface area contributed by atoms with Gasteiger partial charge >= 0.3 is 0 Å². The highest BCUT2D eigenvalue weighted by molar-refractivity contribution is 9.10. The molecule has 0 saturated carbocycles. The predicted octanol–water partition coefficient (Wildman–Crippen LogP) is 5.01. The van der Waals surface area contributed by atoms with E-state index in [0.717, 1.165) is 15.8 Å². The molecule has 0 radical (unpaired) electrons. The molecule has 21 heavy (non-hydrogen) atoms. The van der Waals surface area contributed by atoms with E-state index in [1.54, 1.807) is 13.2 Å². The van der Waals surface area contributed by atoms with Crippen molar-refractivity contribution in [2.45, 2.75) is 25.9 Å². The topological polar surface area (TPSA) is 21.3 Å². The maximum absolute atomic E-state index is 13.1. The molecule has 112 valence electrons. The first-order valence-electron chi connectivity index (χ1n) is 6.86. The van der Waals surface area contributed by atoms with E-state index in [2.05, 4.69) is 35.1 Å². The Morgan fingerprint density at radius 2 is 1.71 bits per heavy atom. The molecule has 0 fully saturated rings. The van der Waals surface area contributed by atoms with Gasteiger partial charge in [-0.1, -0.05) is 34.1 Å². The molecule has 0 aliphatic rings. The van der Waals surface area contributed by atoms with Crippen molar-refractivity contribution in [1.29, 1.82) is 0 Å². The zero-order valence-electron chi connectivity index (χ0n) is 12.4. The van der Waals surface area contributed by atoms with Crippen LogP contribution in [-0.2, 0) is 0 Å². The molecule has 0 aliphatic heterocycles. The van der Waals surface area contributed by atoms with Crippen LogP contribution in [-0.4, -0.2) is 7.11 Å². The fourth-order valence-corrected chi connectivity index (χ4v) is 3.00. The van der Waals surface area contributed by atoms with Gasteiger partial charge in [0.2, 0.25) is 0 Å². The Bertz CT molecular complexity index is 600. The minimum atomic E-state index is -0.235. The maximum Gasteiger partial charge on any atom is 0.124 e. The fourth-order valence-electron chi connectivity index (χ4n) is 2.31. The Kier molecular flexibility index (Phi) is 5.37. The van der Waals surface area contributed by atoms with Crippen LogP contribution in [0.1, 0.15) is 37.1 Å². The van der Waals surface area contributed by atoms with E-state index in [4.69, 9.17) is 4.74 Å². The summed E-state index contributed by atoms with van der Waals surface area (Å²) >= 11 is 3.42. The first-order chi connectivity index (χ1) is 10.0. The van der Waals surface area contributed by atoms with Crippen molar-refractivity contribution >= 4 is 15.9 Å². The number of rotatable bonds is 5. The van der Waals surface area contributed by atoms with Crippen LogP contribution in [0.2, 0.25) is 0 Å². The van der Waals surface area contributed by atoms with Crippen molar-refractivity contribution in [1.82, 2.24) is 5.32 Å². The van der Waals surface area contributed by atoms with Crippen molar-refractivity contribution in [2.24, 2.45) is 0 Å². The molecule has 0 saturated heterocycles. The van der Waals surface area contributed by atoms with E-state index in [-0.39, 0.29) is 17.9 Å². The summed E-state index contributed by atoms with van der Waals surface area (Å²) in [6.07, 6.45) is 0. The third-order valence-electron chi connectivity index (χ3n) is 3.54. The van der Waals surface area contributed by atoms with E-state index >= 15 is 0 Å². The summed E-state index contributed by atoms with van der Waals surface area (Å²) in [5.74, 6) is 0.612. The second-order valence-corrected chi connectivity index (χ2v) is 5.90. The molecule has 0 heterocycles. The summed E-state index contributed by atoms with van der Waals surface area (Å²) in [5.41, 5.74) is 2.22. The maximum atomic E-state index is 13.1. The van der Waals surface area contributed by atoms with E-state index < -0.39 is 0 Å². The van der Waals surface area contributed by atoms with Crippen LogP contribution in [0.4, 0.5) is 4.39 Å². The molecular formula is C17H19BrFNO. The van der Waals surface area contributed by atoms with Gasteiger partial charge in [0.1, 0.15) is 11.6 Å². The first kappa shape index (κ1) is 16.0. The highest BCUT2D eigenvalue weighted by Gasteiger charge is 2.14. The monoisotopic (exact) mass is 351 g/mol.